The molecule has 1 aromatic carbocycles. The van der Waals surface area contributed by atoms with Crippen molar-refractivity contribution in [3.63, 3.8) is 0 Å². The predicted molar refractivity (Wildman–Crippen MR) is 70.2 cm³/mol. The molecule has 0 spiro atoms. The molecule has 1 atom stereocenters. The lowest BCUT2D eigenvalue weighted by Crippen LogP contribution is -2.10. The Morgan fingerprint density at radius 2 is 2.00 bits per heavy atom. The molecule has 0 radical (unpaired) electrons. The Morgan fingerprint density at radius 3 is 2.59 bits per heavy atom. The van der Waals surface area contributed by atoms with Gasteiger partial charge in [0.15, 0.2) is 0 Å². The second-order valence-electron chi connectivity index (χ2n) is 4.28. The van der Waals surface area contributed by atoms with Crippen LogP contribution >= 0.6 is 11.6 Å². The summed E-state index contributed by atoms with van der Waals surface area (Å²) in [6, 6.07) is 7.85. The normalized spacial score (nSPS) is 12.2. The van der Waals surface area contributed by atoms with Crippen LogP contribution < -0.4 is 0 Å². The van der Waals surface area contributed by atoms with Crippen molar-refractivity contribution in [1.82, 2.24) is 0 Å². The van der Waals surface area contributed by atoms with Crippen molar-refractivity contribution in [3.05, 3.63) is 34.9 Å². The first-order valence-electron chi connectivity index (χ1n) is 6.02. The van der Waals surface area contributed by atoms with Crippen molar-refractivity contribution in [3.8, 4) is 0 Å². The molecule has 0 bridgehead atoms. The lowest BCUT2D eigenvalue weighted by atomic mass is 9.98. The maximum Gasteiger partial charge on any atom is 0.306 e. The van der Waals surface area contributed by atoms with Crippen LogP contribution in [0.1, 0.15) is 32.3 Å². The molecule has 0 N–H and O–H groups in total. The highest BCUT2D eigenvalue weighted by molar-refractivity contribution is 6.30. The lowest BCUT2D eigenvalue weighted by Gasteiger charge is -2.10. The van der Waals surface area contributed by atoms with Crippen LogP contribution in [-0.4, -0.2) is 12.6 Å². The van der Waals surface area contributed by atoms with E-state index in [0.29, 0.717) is 18.9 Å². The summed E-state index contributed by atoms with van der Waals surface area (Å²) in [5.41, 5.74) is 1.25. The molecule has 0 saturated carbocycles. The summed E-state index contributed by atoms with van der Waals surface area (Å²) >= 11 is 5.82. The Balaban J connectivity index is 2.30. The number of ether oxygens (including phenoxy) is 1. The van der Waals surface area contributed by atoms with E-state index < -0.39 is 0 Å². The number of halogens is 1. The first-order chi connectivity index (χ1) is 8.11. The number of hydrogen-bond donors (Lipinski definition) is 0. The third-order valence-corrected chi connectivity index (χ3v) is 2.91. The van der Waals surface area contributed by atoms with Gasteiger partial charge in [0.1, 0.15) is 0 Å². The average molecular weight is 255 g/mol. The minimum atomic E-state index is -0.101. The van der Waals surface area contributed by atoms with Crippen LogP contribution in [0.5, 0.6) is 0 Å². The van der Waals surface area contributed by atoms with Gasteiger partial charge in [0.2, 0.25) is 0 Å². The van der Waals surface area contributed by atoms with Crippen LogP contribution in [0.2, 0.25) is 5.02 Å². The van der Waals surface area contributed by atoms with E-state index in [0.717, 1.165) is 17.9 Å². The molecular formula is C14H19ClO2. The zero-order valence-electron chi connectivity index (χ0n) is 10.4. The van der Waals surface area contributed by atoms with E-state index in [1.165, 1.54) is 5.56 Å². The van der Waals surface area contributed by atoms with Gasteiger partial charge in [-0.05, 0) is 43.4 Å². The summed E-state index contributed by atoms with van der Waals surface area (Å²) < 4.78 is 4.92. The smallest absolute Gasteiger partial charge is 0.306 e. The fourth-order valence-electron chi connectivity index (χ4n) is 1.67. The quantitative estimate of drug-likeness (QED) is 0.721. The van der Waals surface area contributed by atoms with Crippen molar-refractivity contribution in [2.24, 2.45) is 5.92 Å². The first-order valence-corrected chi connectivity index (χ1v) is 6.39. The molecule has 3 heteroatoms. The highest BCUT2D eigenvalue weighted by Gasteiger charge is 2.09. The van der Waals surface area contributed by atoms with Crippen LogP contribution in [0.15, 0.2) is 24.3 Å². The number of carbonyl (C=O) groups is 1. The van der Waals surface area contributed by atoms with Gasteiger partial charge >= 0.3 is 5.97 Å². The van der Waals surface area contributed by atoms with Crippen LogP contribution in [-0.2, 0) is 16.0 Å². The van der Waals surface area contributed by atoms with E-state index in [1.807, 2.05) is 31.2 Å². The van der Waals surface area contributed by atoms with Gasteiger partial charge in [0.05, 0.1) is 6.61 Å². The van der Waals surface area contributed by atoms with Crippen molar-refractivity contribution in [2.45, 2.75) is 33.1 Å². The molecule has 0 aliphatic heterocycles. The number of aryl methyl sites for hydroxylation is 1. The van der Waals surface area contributed by atoms with Gasteiger partial charge in [-0.15, -0.1) is 0 Å². The van der Waals surface area contributed by atoms with E-state index in [-0.39, 0.29) is 5.97 Å². The molecule has 0 aromatic heterocycles. The van der Waals surface area contributed by atoms with E-state index in [4.69, 9.17) is 16.3 Å². The highest BCUT2D eigenvalue weighted by atomic mass is 35.5. The second kappa shape index (κ2) is 7.33. The summed E-state index contributed by atoms with van der Waals surface area (Å²) in [7, 11) is 0. The van der Waals surface area contributed by atoms with E-state index in [2.05, 4.69) is 6.92 Å². The highest BCUT2D eigenvalue weighted by Crippen LogP contribution is 2.15. The van der Waals surface area contributed by atoms with Gasteiger partial charge in [-0.1, -0.05) is 30.7 Å². The molecule has 0 aliphatic rings. The lowest BCUT2D eigenvalue weighted by molar-refractivity contribution is -0.144. The molecule has 0 saturated heterocycles. The topological polar surface area (TPSA) is 26.3 Å². The number of hydrogen-bond acceptors (Lipinski definition) is 2. The molecule has 0 fully saturated rings. The molecule has 1 rings (SSSR count). The van der Waals surface area contributed by atoms with Crippen molar-refractivity contribution in [1.29, 1.82) is 0 Å². The number of rotatable bonds is 6. The SMILES string of the molecule is CCOC(=O)CC(C)CCc1ccc(Cl)cc1. The van der Waals surface area contributed by atoms with Gasteiger partial charge < -0.3 is 4.74 Å². The molecular weight excluding hydrogens is 236 g/mol. The Bertz CT molecular complexity index is 346. The van der Waals surface area contributed by atoms with Gasteiger partial charge in [-0.3, -0.25) is 4.79 Å². The Morgan fingerprint density at radius 1 is 1.35 bits per heavy atom. The van der Waals surface area contributed by atoms with Crippen LogP contribution in [0.3, 0.4) is 0 Å². The van der Waals surface area contributed by atoms with Gasteiger partial charge in [-0.2, -0.15) is 0 Å². The summed E-state index contributed by atoms with van der Waals surface area (Å²) in [6.45, 7) is 4.37. The Hall–Kier alpha value is -1.02. The zero-order valence-corrected chi connectivity index (χ0v) is 11.2. The van der Waals surface area contributed by atoms with Crippen molar-refractivity contribution >= 4 is 17.6 Å². The summed E-state index contributed by atoms with van der Waals surface area (Å²) in [5, 5.41) is 0.758. The number of benzene rings is 1. The molecule has 0 amide bonds. The minimum Gasteiger partial charge on any atom is -0.466 e. The maximum absolute atomic E-state index is 11.3. The number of carbonyl (C=O) groups excluding carboxylic acids is 1. The molecule has 1 aromatic rings. The fraction of sp³-hybridized carbons (Fsp3) is 0.500. The zero-order chi connectivity index (χ0) is 12.7. The average Bonchev–Trinajstić information content (AvgIpc) is 2.28. The van der Waals surface area contributed by atoms with Crippen LogP contribution in [0, 0.1) is 5.92 Å². The van der Waals surface area contributed by atoms with E-state index >= 15 is 0 Å². The van der Waals surface area contributed by atoms with Crippen molar-refractivity contribution < 1.29 is 9.53 Å². The molecule has 94 valence electrons. The number of esters is 1. The van der Waals surface area contributed by atoms with Gasteiger partial charge in [-0.25, -0.2) is 0 Å². The monoisotopic (exact) mass is 254 g/mol. The minimum absolute atomic E-state index is 0.101. The molecule has 17 heavy (non-hydrogen) atoms. The first kappa shape index (κ1) is 14.0. The van der Waals surface area contributed by atoms with Crippen LogP contribution in [0.4, 0.5) is 0 Å². The second-order valence-corrected chi connectivity index (χ2v) is 4.72. The molecule has 0 heterocycles. The molecule has 0 aliphatic carbocycles. The summed E-state index contributed by atoms with van der Waals surface area (Å²) in [4.78, 5) is 11.3. The largest absolute Gasteiger partial charge is 0.466 e. The van der Waals surface area contributed by atoms with Gasteiger partial charge in [0.25, 0.3) is 0 Å². The van der Waals surface area contributed by atoms with E-state index in [9.17, 15) is 4.79 Å². The molecule has 2 nitrogen and oxygen atoms in total. The Kier molecular flexibility index (Phi) is 6.06. The Labute approximate surface area is 108 Å². The molecule has 1 unspecified atom stereocenters. The van der Waals surface area contributed by atoms with E-state index in [1.54, 1.807) is 0 Å². The van der Waals surface area contributed by atoms with Crippen LogP contribution in [0.25, 0.3) is 0 Å². The maximum atomic E-state index is 11.3. The summed E-state index contributed by atoms with van der Waals surface area (Å²) in [6.07, 6.45) is 2.46. The van der Waals surface area contributed by atoms with Crippen molar-refractivity contribution in [2.75, 3.05) is 6.61 Å². The predicted octanol–water partition coefficient (Wildman–Crippen LogP) is 3.86. The standard InChI is InChI=1S/C14H19ClO2/c1-3-17-14(16)10-11(2)4-5-12-6-8-13(15)9-7-12/h6-9,11H,3-5,10H2,1-2H3. The fourth-order valence-corrected chi connectivity index (χ4v) is 1.80. The third-order valence-electron chi connectivity index (χ3n) is 2.66. The summed E-state index contributed by atoms with van der Waals surface area (Å²) in [5.74, 6) is 0.251. The van der Waals surface area contributed by atoms with Gasteiger partial charge in [0, 0.05) is 11.4 Å². The third kappa shape index (κ3) is 5.73.